The van der Waals surface area contributed by atoms with Gasteiger partial charge >= 0.3 is 0 Å². The van der Waals surface area contributed by atoms with Gasteiger partial charge in [-0.15, -0.1) is 0 Å². The minimum Gasteiger partial charge on any atom is -0.493 e. The number of carbonyl (C=O) groups is 1. The van der Waals surface area contributed by atoms with Gasteiger partial charge in [0.05, 0.1) is 27.8 Å². The average Bonchev–Trinajstić information content (AvgIpc) is 2.65. The summed E-state index contributed by atoms with van der Waals surface area (Å²) in [7, 11) is 4.70. The Kier molecular flexibility index (Phi) is 6.89. The van der Waals surface area contributed by atoms with Crippen molar-refractivity contribution in [1.82, 2.24) is 4.90 Å². The lowest BCUT2D eigenvalue weighted by molar-refractivity contribution is -0.132. The molecule has 0 aromatic heterocycles. The van der Waals surface area contributed by atoms with Crippen LogP contribution in [-0.4, -0.2) is 38.2 Å². The van der Waals surface area contributed by atoms with Gasteiger partial charge in [-0.2, -0.15) is 0 Å². The molecule has 0 atom stereocenters. The van der Waals surface area contributed by atoms with Gasteiger partial charge in [-0.3, -0.25) is 4.79 Å². The molecule has 0 aliphatic rings. The van der Waals surface area contributed by atoms with Crippen LogP contribution in [0.1, 0.15) is 25.0 Å². The molecule has 0 aliphatic heterocycles. The van der Waals surface area contributed by atoms with Crippen LogP contribution in [0, 0.1) is 0 Å². The van der Waals surface area contributed by atoms with E-state index in [0.29, 0.717) is 23.8 Å². The third-order valence-electron chi connectivity index (χ3n) is 4.22. The molecule has 0 saturated carbocycles. The van der Waals surface area contributed by atoms with E-state index in [9.17, 15) is 4.79 Å². The Hall–Kier alpha value is -2.69. The first-order valence-electron chi connectivity index (χ1n) is 8.62. The first-order valence-corrected chi connectivity index (χ1v) is 8.62. The highest BCUT2D eigenvalue weighted by Crippen LogP contribution is 2.38. The van der Waals surface area contributed by atoms with Crippen molar-refractivity contribution < 1.29 is 19.0 Å². The van der Waals surface area contributed by atoms with E-state index in [1.54, 1.807) is 21.3 Å². The van der Waals surface area contributed by atoms with Crippen LogP contribution < -0.4 is 14.2 Å². The molecule has 1 amide bonds. The highest BCUT2D eigenvalue weighted by molar-refractivity contribution is 5.79. The normalized spacial score (nSPS) is 10.5. The Bertz CT molecular complexity index is 703. The summed E-state index contributed by atoms with van der Waals surface area (Å²) in [6.45, 7) is 4.63. The highest BCUT2D eigenvalue weighted by Gasteiger charge is 2.20. The molecule has 5 heteroatoms. The zero-order valence-corrected chi connectivity index (χ0v) is 16.1. The van der Waals surface area contributed by atoms with Gasteiger partial charge in [-0.1, -0.05) is 30.3 Å². The van der Waals surface area contributed by atoms with Crippen molar-refractivity contribution in [2.24, 2.45) is 0 Å². The topological polar surface area (TPSA) is 48.0 Å². The second-order valence-corrected chi connectivity index (χ2v) is 6.31. The Labute approximate surface area is 155 Å². The molecular weight excluding hydrogens is 330 g/mol. The molecule has 0 fully saturated rings. The minimum absolute atomic E-state index is 0.0538. The molecule has 0 spiro atoms. The summed E-state index contributed by atoms with van der Waals surface area (Å²) in [5.74, 6) is 1.68. The summed E-state index contributed by atoms with van der Waals surface area (Å²) < 4.78 is 16.1. The van der Waals surface area contributed by atoms with Crippen LogP contribution in [0.3, 0.4) is 0 Å². The smallest absolute Gasteiger partial charge is 0.227 e. The predicted molar refractivity (Wildman–Crippen MR) is 102 cm³/mol. The maximum Gasteiger partial charge on any atom is 0.227 e. The van der Waals surface area contributed by atoms with Crippen LogP contribution in [0.2, 0.25) is 0 Å². The third-order valence-corrected chi connectivity index (χ3v) is 4.22. The lowest BCUT2D eigenvalue weighted by atomic mass is 10.1. The number of carbonyl (C=O) groups excluding carboxylic acids is 1. The largest absolute Gasteiger partial charge is 0.493 e. The first kappa shape index (κ1) is 19.6. The van der Waals surface area contributed by atoms with Crippen LogP contribution >= 0.6 is 0 Å². The van der Waals surface area contributed by atoms with Gasteiger partial charge in [0.2, 0.25) is 11.7 Å². The van der Waals surface area contributed by atoms with E-state index in [-0.39, 0.29) is 18.4 Å². The lowest BCUT2D eigenvalue weighted by Gasteiger charge is -2.27. The van der Waals surface area contributed by atoms with Crippen molar-refractivity contribution in [2.75, 3.05) is 21.3 Å². The summed E-state index contributed by atoms with van der Waals surface area (Å²) in [5.41, 5.74) is 1.93. The molecule has 0 N–H and O–H groups in total. The van der Waals surface area contributed by atoms with Crippen LogP contribution in [0.4, 0.5) is 0 Å². The maximum atomic E-state index is 12.9. The van der Waals surface area contributed by atoms with Crippen LogP contribution in [0.5, 0.6) is 17.2 Å². The molecule has 0 aliphatic carbocycles. The van der Waals surface area contributed by atoms with Crippen LogP contribution in [-0.2, 0) is 17.8 Å². The minimum atomic E-state index is 0.0538. The fraction of sp³-hybridized carbons (Fsp3) is 0.381. The van der Waals surface area contributed by atoms with Gasteiger partial charge in [-0.25, -0.2) is 0 Å². The number of methoxy groups -OCH3 is 3. The third kappa shape index (κ3) is 4.69. The molecule has 26 heavy (non-hydrogen) atoms. The van der Waals surface area contributed by atoms with Gasteiger partial charge in [0.15, 0.2) is 11.5 Å². The molecule has 2 aromatic rings. The second kappa shape index (κ2) is 9.13. The molecule has 2 aromatic carbocycles. The molecule has 0 radical (unpaired) electrons. The van der Waals surface area contributed by atoms with Gasteiger partial charge in [0, 0.05) is 12.6 Å². The number of hydrogen-bond acceptors (Lipinski definition) is 4. The van der Waals surface area contributed by atoms with Crippen LogP contribution in [0.25, 0.3) is 0 Å². The molecule has 0 heterocycles. The molecule has 0 saturated heterocycles. The van der Waals surface area contributed by atoms with Gasteiger partial charge in [0.1, 0.15) is 0 Å². The highest BCUT2D eigenvalue weighted by atomic mass is 16.5. The fourth-order valence-corrected chi connectivity index (χ4v) is 2.85. The average molecular weight is 357 g/mol. The monoisotopic (exact) mass is 357 g/mol. The first-order chi connectivity index (χ1) is 12.5. The van der Waals surface area contributed by atoms with Crippen molar-refractivity contribution in [2.45, 2.75) is 32.9 Å². The molecule has 0 bridgehead atoms. The molecule has 140 valence electrons. The van der Waals surface area contributed by atoms with E-state index in [0.717, 1.165) is 11.1 Å². The fourth-order valence-electron chi connectivity index (χ4n) is 2.85. The Balaban J connectivity index is 2.23. The number of amides is 1. The number of nitrogens with zero attached hydrogens (tertiary/aromatic N) is 1. The second-order valence-electron chi connectivity index (χ2n) is 6.31. The molecule has 5 nitrogen and oxygen atoms in total. The summed E-state index contributed by atoms with van der Waals surface area (Å²) in [5, 5.41) is 0. The summed E-state index contributed by atoms with van der Waals surface area (Å²) in [6.07, 6.45) is 0.266. The number of hydrogen-bond donors (Lipinski definition) is 0. The predicted octanol–water partition coefficient (Wildman–Crippen LogP) is 3.69. The van der Waals surface area contributed by atoms with Crippen LogP contribution in [0.15, 0.2) is 42.5 Å². The van der Waals surface area contributed by atoms with Gasteiger partial charge < -0.3 is 19.1 Å². The van der Waals surface area contributed by atoms with E-state index in [4.69, 9.17) is 14.2 Å². The summed E-state index contributed by atoms with van der Waals surface area (Å²) >= 11 is 0. The Morgan fingerprint density at radius 3 is 1.96 bits per heavy atom. The molecule has 2 rings (SSSR count). The van der Waals surface area contributed by atoms with E-state index in [1.165, 1.54) is 0 Å². The molecule has 0 unspecified atom stereocenters. The van der Waals surface area contributed by atoms with E-state index < -0.39 is 0 Å². The van der Waals surface area contributed by atoms with Crippen molar-refractivity contribution >= 4 is 5.91 Å². The SMILES string of the molecule is COc1cc(CC(=O)N(Cc2ccccc2)C(C)C)cc(OC)c1OC. The van der Waals surface area contributed by atoms with E-state index in [2.05, 4.69) is 0 Å². The Morgan fingerprint density at radius 2 is 1.50 bits per heavy atom. The Morgan fingerprint density at radius 1 is 0.923 bits per heavy atom. The molecular formula is C21H27NO4. The van der Waals surface area contributed by atoms with Gasteiger partial charge in [0.25, 0.3) is 0 Å². The maximum absolute atomic E-state index is 12.9. The quantitative estimate of drug-likeness (QED) is 0.723. The zero-order valence-electron chi connectivity index (χ0n) is 16.1. The van der Waals surface area contributed by atoms with E-state index >= 15 is 0 Å². The number of benzene rings is 2. The van der Waals surface area contributed by atoms with Gasteiger partial charge in [-0.05, 0) is 37.1 Å². The standard InChI is InChI=1S/C21H27NO4/c1-15(2)22(14-16-9-7-6-8-10-16)20(23)13-17-11-18(24-3)21(26-5)19(12-17)25-4/h6-12,15H,13-14H2,1-5H3. The van der Waals surface area contributed by atoms with Crippen molar-refractivity contribution in [3.05, 3.63) is 53.6 Å². The van der Waals surface area contributed by atoms with Crippen molar-refractivity contribution in [1.29, 1.82) is 0 Å². The van der Waals surface area contributed by atoms with Crippen molar-refractivity contribution in [3.8, 4) is 17.2 Å². The summed E-state index contributed by atoms with van der Waals surface area (Å²) in [6, 6.07) is 13.7. The van der Waals surface area contributed by atoms with Crippen molar-refractivity contribution in [3.63, 3.8) is 0 Å². The van der Waals surface area contributed by atoms with E-state index in [1.807, 2.05) is 61.2 Å². The number of ether oxygens (including phenoxy) is 3. The summed E-state index contributed by atoms with van der Waals surface area (Å²) in [4.78, 5) is 14.8. The zero-order chi connectivity index (χ0) is 19.1. The lowest BCUT2D eigenvalue weighted by Crippen LogP contribution is -2.37. The number of rotatable bonds is 8.